The SMILES string of the molecule is CNCC(C)CN1CCCCCc2ccc(Cl)cc21. The first-order chi connectivity index (χ1) is 9.20. The summed E-state index contributed by atoms with van der Waals surface area (Å²) in [5.74, 6) is 0.649. The first-order valence-electron chi connectivity index (χ1n) is 7.38. The van der Waals surface area contributed by atoms with Crippen molar-refractivity contribution >= 4 is 17.3 Å². The Balaban J connectivity index is 2.20. The number of nitrogens with one attached hydrogen (secondary N) is 1. The van der Waals surface area contributed by atoms with Crippen LogP contribution < -0.4 is 10.2 Å². The Bertz CT molecular complexity index is 406. The number of halogens is 1. The van der Waals surface area contributed by atoms with Gasteiger partial charge >= 0.3 is 0 Å². The molecular weight excluding hydrogens is 256 g/mol. The maximum Gasteiger partial charge on any atom is 0.0426 e. The van der Waals surface area contributed by atoms with Gasteiger partial charge in [0.15, 0.2) is 0 Å². The van der Waals surface area contributed by atoms with E-state index in [1.165, 1.54) is 36.9 Å². The molecule has 0 amide bonds. The van der Waals surface area contributed by atoms with Gasteiger partial charge in [-0.1, -0.05) is 31.0 Å². The van der Waals surface area contributed by atoms with Crippen LogP contribution >= 0.6 is 11.6 Å². The molecule has 2 rings (SSSR count). The van der Waals surface area contributed by atoms with E-state index in [-0.39, 0.29) is 0 Å². The lowest BCUT2D eigenvalue weighted by Gasteiger charge is -2.31. The van der Waals surface area contributed by atoms with Crippen LogP contribution in [0, 0.1) is 5.92 Å². The fourth-order valence-electron chi connectivity index (χ4n) is 2.94. The van der Waals surface area contributed by atoms with Gasteiger partial charge in [0, 0.05) is 23.8 Å². The Morgan fingerprint density at radius 3 is 2.95 bits per heavy atom. The number of benzene rings is 1. The third-order valence-corrected chi connectivity index (χ3v) is 4.08. The van der Waals surface area contributed by atoms with Gasteiger partial charge in [-0.2, -0.15) is 0 Å². The first kappa shape index (κ1) is 14.7. The molecule has 0 aromatic heterocycles. The van der Waals surface area contributed by atoms with Gasteiger partial charge in [-0.05, 0) is 56.5 Å². The summed E-state index contributed by atoms with van der Waals surface area (Å²) in [6.45, 7) is 5.63. The van der Waals surface area contributed by atoms with Gasteiger partial charge < -0.3 is 10.2 Å². The van der Waals surface area contributed by atoms with Crippen molar-refractivity contribution in [3.8, 4) is 0 Å². The summed E-state index contributed by atoms with van der Waals surface area (Å²) in [4.78, 5) is 2.53. The molecule has 0 saturated carbocycles. The maximum atomic E-state index is 6.19. The standard InChI is InChI=1S/C16H25ClN2/c1-13(11-18-2)12-19-9-5-3-4-6-14-7-8-15(17)10-16(14)19/h7-8,10,13,18H,3-6,9,11-12H2,1-2H3. The molecule has 1 aromatic rings. The van der Waals surface area contributed by atoms with Crippen LogP contribution in [0.1, 0.15) is 31.7 Å². The lowest BCUT2D eigenvalue weighted by molar-refractivity contribution is 0.515. The van der Waals surface area contributed by atoms with Gasteiger partial charge in [0.05, 0.1) is 0 Å². The lowest BCUT2D eigenvalue weighted by atomic mass is 10.00. The number of fused-ring (bicyclic) bond motifs is 1. The number of anilines is 1. The predicted octanol–water partition coefficient (Wildman–Crippen LogP) is 3.73. The highest BCUT2D eigenvalue weighted by Crippen LogP contribution is 2.29. The summed E-state index contributed by atoms with van der Waals surface area (Å²) in [7, 11) is 2.02. The van der Waals surface area contributed by atoms with Crippen LogP contribution in [0.15, 0.2) is 18.2 Å². The van der Waals surface area contributed by atoms with Crippen LogP contribution in [0.5, 0.6) is 0 Å². The molecule has 0 spiro atoms. The zero-order chi connectivity index (χ0) is 13.7. The molecule has 2 nitrogen and oxygen atoms in total. The van der Waals surface area contributed by atoms with Gasteiger partial charge in [0.2, 0.25) is 0 Å². The highest BCUT2D eigenvalue weighted by molar-refractivity contribution is 6.30. The molecule has 3 heteroatoms. The van der Waals surface area contributed by atoms with E-state index in [1.807, 2.05) is 13.1 Å². The van der Waals surface area contributed by atoms with Gasteiger partial charge in [-0.3, -0.25) is 0 Å². The molecule has 1 aliphatic heterocycles. The second-order valence-corrected chi connectivity index (χ2v) is 6.13. The molecule has 1 aliphatic rings. The van der Waals surface area contributed by atoms with Crippen molar-refractivity contribution in [2.75, 3.05) is 31.6 Å². The number of aryl methyl sites for hydroxylation is 1. The quantitative estimate of drug-likeness (QED) is 0.904. The van der Waals surface area contributed by atoms with Gasteiger partial charge in [-0.25, -0.2) is 0 Å². The Morgan fingerprint density at radius 1 is 1.32 bits per heavy atom. The second kappa shape index (κ2) is 7.16. The summed E-state index contributed by atoms with van der Waals surface area (Å²) in [6.07, 6.45) is 5.11. The van der Waals surface area contributed by atoms with Crippen LogP contribution in [-0.4, -0.2) is 26.7 Å². The average molecular weight is 281 g/mol. The summed E-state index contributed by atoms with van der Waals surface area (Å²) >= 11 is 6.19. The zero-order valence-corrected chi connectivity index (χ0v) is 12.8. The predicted molar refractivity (Wildman–Crippen MR) is 84.3 cm³/mol. The van der Waals surface area contributed by atoms with Crippen molar-refractivity contribution in [2.24, 2.45) is 5.92 Å². The Hall–Kier alpha value is -0.730. The fraction of sp³-hybridized carbons (Fsp3) is 0.625. The van der Waals surface area contributed by atoms with E-state index in [4.69, 9.17) is 11.6 Å². The number of hydrogen-bond donors (Lipinski definition) is 1. The van der Waals surface area contributed by atoms with Crippen LogP contribution in [-0.2, 0) is 6.42 Å². The third kappa shape index (κ3) is 4.12. The summed E-state index contributed by atoms with van der Waals surface area (Å²) in [5, 5.41) is 4.12. The fourth-order valence-corrected chi connectivity index (χ4v) is 3.10. The molecule has 0 saturated heterocycles. The minimum Gasteiger partial charge on any atom is -0.371 e. The van der Waals surface area contributed by atoms with Crippen molar-refractivity contribution in [1.82, 2.24) is 5.32 Å². The molecular formula is C16H25ClN2. The van der Waals surface area contributed by atoms with Gasteiger partial charge in [0.1, 0.15) is 0 Å². The van der Waals surface area contributed by atoms with Crippen LogP contribution in [0.2, 0.25) is 5.02 Å². The largest absolute Gasteiger partial charge is 0.371 e. The molecule has 1 atom stereocenters. The molecule has 0 radical (unpaired) electrons. The van der Waals surface area contributed by atoms with E-state index >= 15 is 0 Å². The average Bonchev–Trinajstić information content (AvgIpc) is 2.36. The van der Waals surface area contributed by atoms with Crippen molar-refractivity contribution in [1.29, 1.82) is 0 Å². The number of nitrogens with zero attached hydrogens (tertiary/aromatic N) is 1. The van der Waals surface area contributed by atoms with E-state index in [9.17, 15) is 0 Å². The number of hydrogen-bond acceptors (Lipinski definition) is 2. The van der Waals surface area contributed by atoms with Crippen molar-refractivity contribution in [2.45, 2.75) is 32.6 Å². The van der Waals surface area contributed by atoms with Crippen molar-refractivity contribution in [3.63, 3.8) is 0 Å². The first-order valence-corrected chi connectivity index (χ1v) is 7.76. The maximum absolute atomic E-state index is 6.19. The monoisotopic (exact) mass is 280 g/mol. The molecule has 1 aromatic carbocycles. The Morgan fingerprint density at radius 2 is 2.16 bits per heavy atom. The van der Waals surface area contributed by atoms with E-state index in [1.54, 1.807) is 0 Å². The summed E-state index contributed by atoms with van der Waals surface area (Å²) in [6, 6.07) is 6.38. The summed E-state index contributed by atoms with van der Waals surface area (Å²) in [5.41, 5.74) is 2.82. The van der Waals surface area contributed by atoms with E-state index < -0.39 is 0 Å². The molecule has 0 fully saturated rings. The van der Waals surface area contributed by atoms with Crippen molar-refractivity contribution < 1.29 is 0 Å². The zero-order valence-electron chi connectivity index (χ0n) is 12.1. The smallest absolute Gasteiger partial charge is 0.0426 e. The van der Waals surface area contributed by atoms with E-state index in [2.05, 4.69) is 29.3 Å². The molecule has 1 heterocycles. The van der Waals surface area contributed by atoms with Gasteiger partial charge in [-0.15, -0.1) is 0 Å². The lowest BCUT2D eigenvalue weighted by Crippen LogP contribution is -2.34. The molecule has 0 bridgehead atoms. The molecule has 1 unspecified atom stereocenters. The minimum atomic E-state index is 0.649. The molecule has 1 N–H and O–H groups in total. The van der Waals surface area contributed by atoms with Crippen LogP contribution in [0.25, 0.3) is 0 Å². The normalized spacial score (nSPS) is 17.5. The minimum absolute atomic E-state index is 0.649. The molecule has 106 valence electrons. The van der Waals surface area contributed by atoms with Crippen molar-refractivity contribution in [3.05, 3.63) is 28.8 Å². The second-order valence-electron chi connectivity index (χ2n) is 5.69. The highest BCUT2D eigenvalue weighted by Gasteiger charge is 2.16. The molecule has 19 heavy (non-hydrogen) atoms. The van der Waals surface area contributed by atoms with E-state index in [0.29, 0.717) is 5.92 Å². The molecule has 0 aliphatic carbocycles. The Kier molecular flexibility index (Phi) is 5.53. The van der Waals surface area contributed by atoms with Crippen LogP contribution in [0.3, 0.4) is 0 Å². The van der Waals surface area contributed by atoms with Crippen LogP contribution in [0.4, 0.5) is 5.69 Å². The number of rotatable bonds is 4. The topological polar surface area (TPSA) is 15.3 Å². The summed E-state index contributed by atoms with van der Waals surface area (Å²) < 4.78 is 0. The van der Waals surface area contributed by atoms with Gasteiger partial charge in [0.25, 0.3) is 0 Å². The Labute approximate surface area is 122 Å². The third-order valence-electron chi connectivity index (χ3n) is 3.85. The van der Waals surface area contributed by atoms with E-state index in [0.717, 1.165) is 24.7 Å². The highest BCUT2D eigenvalue weighted by atomic mass is 35.5.